The Morgan fingerprint density at radius 3 is 3.14 bits per heavy atom. The van der Waals surface area contributed by atoms with Gasteiger partial charge in [-0.05, 0) is 19.8 Å². The molecular formula is C13H20N6OS. The summed E-state index contributed by atoms with van der Waals surface area (Å²) in [7, 11) is 1.68. The number of anilines is 1. The van der Waals surface area contributed by atoms with Crippen molar-refractivity contribution in [2.75, 3.05) is 19.0 Å². The number of hydrogen-bond acceptors (Lipinski definition) is 7. The molecule has 1 unspecified atom stereocenters. The Bertz CT molecular complexity index is 595. The van der Waals surface area contributed by atoms with Gasteiger partial charge < -0.3 is 14.6 Å². The summed E-state index contributed by atoms with van der Waals surface area (Å²) >= 11 is 1.38. The molecule has 0 spiro atoms. The smallest absolute Gasteiger partial charge is 0.203 e. The van der Waals surface area contributed by atoms with Crippen molar-refractivity contribution in [3.05, 3.63) is 17.5 Å². The first kappa shape index (κ1) is 14.4. The second-order valence-corrected chi connectivity index (χ2v) is 5.96. The summed E-state index contributed by atoms with van der Waals surface area (Å²) in [6, 6.07) is 0.0765. The molecule has 1 aliphatic heterocycles. The molecule has 8 heteroatoms. The molecular weight excluding hydrogens is 288 g/mol. The molecule has 1 N–H and O–H groups in total. The number of fused-ring (bicyclic) bond motifs is 1. The molecule has 1 aliphatic rings. The fourth-order valence-electron chi connectivity index (χ4n) is 2.51. The van der Waals surface area contributed by atoms with E-state index >= 15 is 0 Å². The van der Waals surface area contributed by atoms with E-state index < -0.39 is 0 Å². The van der Waals surface area contributed by atoms with Crippen LogP contribution in [0.5, 0.6) is 0 Å². The Labute approximate surface area is 127 Å². The van der Waals surface area contributed by atoms with Gasteiger partial charge in [0, 0.05) is 38.0 Å². The first-order valence-electron chi connectivity index (χ1n) is 7.28. The molecule has 0 fully saturated rings. The number of aromatic nitrogens is 5. The van der Waals surface area contributed by atoms with Crippen LogP contribution in [0.2, 0.25) is 0 Å². The number of hydrogen-bond donors (Lipinski definition) is 1. The Hall–Kier alpha value is -1.54. The van der Waals surface area contributed by atoms with Crippen molar-refractivity contribution in [2.24, 2.45) is 0 Å². The van der Waals surface area contributed by atoms with Gasteiger partial charge in [-0.2, -0.15) is 4.37 Å². The quantitative estimate of drug-likeness (QED) is 0.877. The van der Waals surface area contributed by atoms with Crippen LogP contribution in [0.3, 0.4) is 0 Å². The highest BCUT2D eigenvalue weighted by atomic mass is 32.1. The molecule has 114 valence electrons. The van der Waals surface area contributed by atoms with Crippen LogP contribution in [0.1, 0.15) is 43.3 Å². The number of nitrogens with zero attached hydrogens (tertiary/aromatic N) is 5. The lowest BCUT2D eigenvalue weighted by Crippen LogP contribution is -2.18. The maximum Gasteiger partial charge on any atom is 0.203 e. The number of methoxy groups -OCH3 is 1. The third kappa shape index (κ3) is 3.21. The summed E-state index contributed by atoms with van der Waals surface area (Å²) in [4.78, 5) is 4.47. The minimum Gasteiger partial charge on any atom is -0.384 e. The Kier molecular flexibility index (Phi) is 4.45. The SMILES string of the molecule is COCCc1nsc(NC(C)c2nnc3n2CCCC3)n1. The van der Waals surface area contributed by atoms with Gasteiger partial charge in [0.1, 0.15) is 11.6 Å². The van der Waals surface area contributed by atoms with Crippen molar-refractivity contribution in [2.45, 2.75) is 45.2 Å². The maximum absolute atomic E-state index is 5.04. The zero-order chi connectivity index (χ0) is 14.7. The number of ether oxygens (including phenoxy) is 1. The van der Waals surface area contributed by atoms with Crippen LogP contribution < -0.4 is 5.32 Å². The van der Waals surface area contributed by atoms with E-state index in [0.29, 0.717) is 6.61 Å². The highest BCUT2D eigenvalue weighted by Crippen LogP contribution is 2.23. The lowest BCUT2D eigenvalue weighted by molar-refractivity contribution is 0.201. The Balaban J connectivity index is 1.67. The average Bonchev–Trinajstić information content (AvgIpc) is 3.11. The molecule has 0 saturated heterocycles. The lowest BCUT2D eigenvalue weighted by atomic mass is 10.1. The second-order valence-electron chi connectivity index (χ2n) is 5.21. The summed E-state index contributed by atoms with van der Waals surface area (Å²) in [6.07, 6.45) is 4.17. The van der Waals surface area contributed by atoms with Crippen LogP contribution in [-0.2, 0) is 24.1 Å². The molecule has 3 heterocycles. The topological polar surface area (TPSA) is 77.8 Å². The van der Waals surface area contributed by atoms with Crippen LogP contribution in [0.4, 0.5) is 5.13 Å². The summed E-state index contributed by atoms with van der Waals surface area (Å²) in [5, 5.41) is 12.8. The summed E-state index contributed by atoms with van der Waals surface area (Å²) in [5.74, 6) is 2.90. The van der Waals surface area contributed by atoms with Gasteiger partial charge >= 0.3 is 0 Å². The molecule has 2 aromatic heterocycles. The van der Waals surface area contributed by atoms with Crippen LogP contribution in [0, 0.1) is 0 Å². The van der Waals surface area contributed by atoms with E-state index in [4.69, 9.17) is 4.74 Å². The molecule has 0 radical (unpaired) electrons. The number of nitrogens with one attached hydrogen (secondary N) is 1. The highest BCUT2D eigenvalue weighted by Gasteiger charge is 2.20. The van der Waals surface area contributed by atoms with Crippen molar-refractivity contribution in [1.82, 2.24) is 24.1 Å². The summed E-state index contributed by atoms with van der Waals surface area (Å²) < 4.78 is 11.6. The molecule has 0 bridgehead atoms. The molecule has 2 aromatic rings. The van der Waals surface area contributed by atoms with Gasteiger partial charge in [0.2, 0.25) is 5.13 Å². The van der Waals surface area contributed by atoms with Crippen molar-refractivity contribution in [1.29, 1.82) is 0 Å². The van der Waals surface area contributed by atoms with Gasteiger partial charge in [0.15, 0.2) is 5.82 Å². The van der Waals surface area contributed by atoms with E-state index in [0.717, 1.165) is 42.0 Å². The maximum atomic E-state index is 5.04. The molecule has 0 aromatic carbocycles. The highest BCUT2D eigenvalue weighted by molar-refractivity contribution is 7.09. The molecule has 7 nitrogen and oxygen atoms in total. The normalized spacial score (nSPS) is 15.7. The van der Waals surface area contributed by atoms with E-state index in [9.17, 15) is 0 Å². The second kappa shape index (κ2) is 6.48. The Morgan fingerprint density at radius 2 is 2.29 bits per heavy atom. The Morgan fingerprint density at radius 1 is 1.38 bits per heavy atom. The number of aryl methyl sites for hydroxylation is 1. The largest absolute Gasteiger partial charge is 0.384 e. The average molecular weight is 308 g/mol. The van der Waals surface area contributed by atoms with E-state index in [1.807, 2.05) is 0 Å². The van der Waals surface area contributed by atoms with Crippen LogP contribution in [0.25, 0.3) is 0 Å². The third-order valence-corrected chi connectivity index (χ3v) is 4.30. The van der Waals surface area contributed by atoms with Crippen molar-refractivity contribution in [3.8, 4) is 0 Å². The van der Waals surface area contributed by atoms with Crippen molar-refractivity contribution >= 4 is 16.7 Å². The molecule has 0 aliphatic carbocycles. The van der Waals surface area contributed by atoms with Crippen molar-refractivity contribution < 1.29 is 4.74 Å². The fourth-order valence-corrected chi connectivity index (χ4v) is 3.21. The first-order valence-corrected chi connectivity index (χ1v) is 8.05. The minimum atomic E-state index is 0.0765. The van der Waals surface area contributed by atoms with Gasteiger partial charge in [0.05, 0.1) is 12.6 Å². The molecule has 3 rings (SSSR count). The predicted octanol–water partition coefficient (Wildman–Crippen LogP) is 1.83. The number of rotatable bonds is 6. The molecule has 1 atom stereocenters. The van der Waals surface area contributed by atoms with Gasteiger partial charge in [-0.25, -0.2) is 4.98 Å². The van der Waals surface area contributed by atoms with Crippen LogP contribution in [-0.4, -0.2) is 37.8 Å². The lowest BCUT2D eigenvalue weighted by Gasteiger charge is -2.18. The molecule has 0 saturated carbocycles. The standard InChI is InChI=1S/C13H20N6OS/c1-9(12-17-16-11-5-3-4-7-19(11)12)14-13-15-10(18-21-13)6-8-20-2/h9H,3-8H2,1-2H3,(H,14,15,18). The fraction of sp³-hybridized carbons (Fsp3) is 0.692. The van der Waals surface area contributed by atoms with Gasteiger partial charge in [-0.1, -0.05) is 0 Å². The van der Waals surface area contributed by atoms with E-state index in [1.165, 1.54) is 24.4 Å². The summed E-state index contributed by atoms with van der Waals surface area (Å²) in [6.45, 7) is 3.74. The molecule has 0 amide bonds. The van der Waals surface area contributed by atoms with E-state index in [2.05, 4.69) is 36.4 Å². The third-order valence-electron chi connectivity index (χ3n) is 3.61. The van der Waals surface area contributed by atoms with Crippen LogP contribution in [0.15, 0.2) is 0 Å². The predicted molar refractivity (Wildman–Crippen MR) is 80.5 cm³/mol. The van der Waals surface area contributed by atoms with Gasteiger partial charge in [0.25, 0.3) is 0 Å². The van der Waals surface area contributed by atoms with Gasteiger partial charge in [-0.3, -0.25) is 0 Å². The summed E-state index contributed by atoms with van der Waals surface area (Å²) in [5.41, 5.74) is 0. The van der Waals surface area contributed by atoms with Gasteiger partial charge in [-0.15, -0.1) is 10.2 Å². The zero-order valence-electron chi connectivity index (χ0n) is 12.4. The minimum absolute atomic E-state index is 0.0765. The monoisotopic (exact) mass is 308 g/mol. The van der Waals surface area contributed by atoms with E-state index in [1.54, 1.807) is 7.11 Å². The first-order chi connectivity index (χ1) is 10.3. The molecule has 21 heavy (non-hydrogen) atoms. The van der Waals surface area contributed by atoms with Crippen molar-refractivity contribution in [3.63, 3.8) is 0 Å². The van der Waals surface area contributed by atoms with Crippen LogP contribution >= 0.6 is 11.5 Å². The zero-order valence-corrected chi connectivity index (χ0v) is 13.2. The van der Waals surface area contributed by atoms with E-state index in [-0.39, 0.29) is 6.04 Å².